The number of benzene rings is 2. The number of aliphatic imine (C=N–C) groups is 1. The first-order valence-electron chi connectivity index (χ1n) is 8.40. The van der Waals surface area contributed by atoms with Crippen molar-refractivity contribution in [3.05, 3.63) is 52.5 Å². The molecule has 0 fully saturated rings. The minimum atomic E-state index is -0.847. The summed E-state index contributed by atoms with van der Waals surface area (Å²) in [6, 6.07) is 9.60. The Labute approximate surface area is 167 Å². The SMILES string of the molecule is COC(=O)[C@@H]1N=C(c2cc(OC)c(OC)c(OC)c2)O[C@H]1c1ccc(Cl)cc1. The molecule has 0 aliphatic carbocycles. The second-order valence-corrected chi connectivity index (χ2v) is 6.34. The number of rotatable bonds is 6. The summed E-state index contributed by atoms with van der Waals surface area (Å²) >= 11 is 5.96. The molecule has 2 atom stereocenters. The molecule has 0 saturated heterocycles. The van der Waals surface area contributed by atoms with Gasteiger partial charge in [-0.25, -0.2) is 9.79 Å². The van der Waals surface area contributed by atoms with Crippen LogP contribution in [0, 0.1) is 0 Å². The van der Waals surface area contributed by atoms with Gasteiger partial charge in [-0.3, -0.25) is 0 Å². The van der Waals surface area contributed by atoms with Crippen LogP contribution in [0.4, 0.5) is 0 Å². The maximum absolute atomic E-state index is 12.3. The lowest BCUT2D eigenvalue weighted by Crippen LogP contribution is -2.25. The van der Waals surface area contributed by atoms with Crippen LogP contribution >= 0.6 is 11.6 Å². The molecule has 0 aromatic heterocycles. The Hall–Kier alpha value is -2.93. The topological polar surface area (TPSA) is 75.6 Å². The maximum atomic E-state index is 12.3. The highest BCUT2D eigenvalue weighted by Gasteiger charge is 2.39. The quantitative estimate of drug-likeness (QED) is 0.685. The number of halogens is 1. The van der Waals surface area contributed by atoms with Crippen LogP contribution < -0.4 is 14.2 Å². The lowest BCUT2D eigenvalue weighted by Gasteiger charge is -2.17. The molecule has 3 rings (SSSR count). The average molecular weight is 406 g/mol. The van der Waals surface area contributed by atoms with Gasteiger partial charge in [0.2, 0.25) is 11.6 Å². The fourth-order valence-electron chi connectivity index (χ4n) is 2.96. The van der Waals surface area contributed by atoms with Crippen molar-refractivity contribution in [2.45, 2.75) is 12.1 Å². The third-order valence-corrected chi connectivity index (χ3v) is 4.59. The minimum absolute atomic E-state index is 0.273. The van der Waals surface area contributed by atoms with E-state index in [1.807, 2.05) is 0 Å². The van der Waals surface area contributed by atoms with Gasteiger partial charge in [0.1, 0.15) is 0 Å². The third-order valence-electron chi connectivity index (χ3n) is 4.33. The summed E-state index contributed by atoms with van der Waals surface area (Å²) in [5.41, 5.74) is 1.34. The predicted molar refractivity (Wildman–Crippen MR) is 104 cm³/mol. The first-order valence-corrected chi connectivity index (χ1v) is 8.78. The number of hydrogen-bond acceptors (Lipinski definition) is 7. The molecular weight excluding hydrogens is 386 g/mol. The Bertz CT molecular complexity index is 871. The predicted octanol–water partition coefficient (Wildman–Crippen LogP) is 3.43. The molecule has 0 bridgehead atoms. The van der Waals surface area contributed by atoms with E-state index in [1.165, 1.54) is 28.4 Å². The Kier molecular flexibility index (Phi) is 5.94. The second-order valence-electron chi connectivity index (χ2n) is 5.91. The summed E-state index contributed by atoms with van der Waals surface area (Å²) in [6.45, 7) is 0. The Balaban J connectivity index is 2.02. The van der Waals surface area contributed by atoms with Crippen LogP contribution in [-0.2, 0) is 14.3 Å². The van der Waals surface area contributed by atoms with Crippen molar-refractivity contribution in [3.63, 3.8) is 0 Å². The van der Waals surface area contributed by atoms with E-state index in [2.05, 4.69) is 4.99 Å². The number of carbonyl (C=O) groups excluding carboxylic acids is 1. The van der Waals surface area contributed by atoms with E-state index in [9.17, 15) is 4.79 Å². The van der Waals surface area contributed by atoms with Gasteiger partial charge in [-0.05, 0) is 29.8 Å². The molecule has 2 aromatic carbocycles. The lowest BCUT2D eigenvalue weighted by atomic mass is 10.0. The zero-order valence-corrected chi connectivity index (χ0v) is 16.6. The fraction of sp³-hybridized carbons (Fsp3) is 0.300. The highest BCUT2D eigenvalue weighted by Crippen LogP contribution is 2.40. The van der Waals surface area contributed by atoms with Gasteiger partial charge < -0.3 is 23.7 Å². The summed E-state index contributed by atoms with van der Waals surface area (Å²) in [5.74, 6) is 1.13. The highest BCUT2D eigenvalue weighted by molar-refractivity contribution is 6.30. The molecule has 0 radical (unpaired) electrons. The van der Waals surface area contributed by atoms with Gasteiger partial charge >= 0.3 is 5.97 Å². The van der Waals surface area contributed by atoms with E-state index < -0.39 is 18.1 Å². The van der Waals surface area contributed by atoms with Crippen molar-refractivity contribution >= 4 is 23.5 Å². The molecule has 0 saturated carbocycles. The van der Waals surface area contributed by atoms with Crippen molar-refractivity contribution in [3.8, 4) is 17.2 Å². The zero-order valence-electron chi connectivity index (χ0n) is 15.9. The Morgan fingerprint density at radius 2 is 1.61 bits per heavy atom. The molecule has 8 heteroatoms. The first-order chi connectivity index (χ1) is 13.5. The molecule has 1 heterocycles. The smallest absolute Gasteiger partial charge is 0.335 e. The number of hydrogen-bond donors (Lipinski definition) is 0. The monoisotopic (exact) mass is 405 g/mol. The number of methoxy groups -OCH3 is 4. The van der Waals surface area contributed by atoms with Crippen molar-refractivity contribution in [2.75, 3.05) is 28.4 Å². The van der Waals surface area contributed by atoms with Gasteiger partial charge in [0.15, 0.2) is 23.6 Å². The largest absolute Gasteiger partial charge is 0.493 e. The molecule has 7 nitrogen and oxygen atoms in total. The van der Waals surface area contributed by atoms with Crippen molar-refractivity contribution in [1.82, 2.24) is 0 Å². The van der Waals surface area contributed by atoms with Crippen molar-refractivity contribution in [2.24, 2.45) is 4.99 Å². The molecule has 2 aromatic rings. The highest BCUT2D eigenvalue weighted by atomic mass is 35.5. The fourth-order valence-corrected chi connectivity index (χ4v) is 3.08. The van der Waals surface area contributed by atoms with Gasteiger partial charge in [0, 0.05) is 10.6 Å². The van der Waals surface area contributed by atoms with Crippen molar-refractivity contribution < 1.29 is 28.5 Å². The average Bonchev–Trinajstić information content (AvgIpc) is 3.18. The van der Waals surface area contributed by atoms with E-state index in [-0.39, 0.29) is 5.90 Å². The van der Waals surface area contributed by atoms with E-state index in [1.54, 1.807) is 36.4 Å². The van der Waals surface area contributed by atoms with Crippen LogP contribution in [0.2, 0.25) is 5.02 Å². The second kappa shape index (κ2) is 8.39. The molecule has 148 valence electrons. The van der Waals surface area contributed by atoms with Crippen LogP contribution in [0.1, 0.15) is 17.2 Å². The normalized spacial score (nSPS) is 18.1. The molecule has 0 amide bonds. The minimum Gasteiger partial charge on any atom is -0.493 e. The maximum Gasteiger partial charge on any atom is 0.335 e. The van der Waals surface area contributed by atoms with Crippen LogP contribution in [0.5, 0.6) is 17.2 Å². The molecule has 0 N–H and O–H groups in total. The molecule has 1 aliphatic rings. The van der Waals surface area contributed by atoms with Gasteiger partial charge in [-0.1, -0.05) is 23.7 Å². The van der Waals surface area contributed by atoms with Gasteiger partial charge in [0.05, 0.1) is 28.4 Å². The van der Waals surface area contributed by atoms with E-state index in [0.717, 1.165) is 5.56 Å². The van der Waals surface area contributed by atoms with Crippen LogP contribution in [0.3, 0.4) is 0 Å². The Morgan fingerprint density at radius 1 is 1.00 bits per heavy atom. The molecule has 0 unspecified atom stereocenters. The van der Waals surface area contributed by atoms with Crippen molar-refractivity contribution in [1.29, 1.82) is 0 Å². The van der Waals surface area contributed by atoms with E-state index in [4.69, 9.17) is 35.3 Å². The summed E-state index contributed by atoms with van der Waals surface area (Å²) in [7, 11) is 5.88. The summed E-state index contributed by atoms with van der Waals surface area (Å²) in [5, 5.41) is 0.585. The zero-order chi connectivity index (χ0) is 20.3. The molecule has 0 spiro atoms. The summed E-state index contributed by atoms with van der Waals surface area (Å²) < 4.78 is 27.0. The summed E-state index contributed by atoms with van der Waals surface area (Å²) in [6.07, 6.45) is -0.640. The van der Waals surface area contributed by atoms with Crippen LogP contribution in [0.25, 0.3) is 0 Å². The van der Waals surface area contributed by atoms with Crippen LogP contribution in [-0.4, -0.2) is 46.3 Å². The molecule has 28 heavy (non-hydrogen) atoms. The Morgan fingerprint density at radius 3 is 2.11 bits per heavy atom. The summed E-state index contributed by atoms with van der Waals surface area (Å²) in [4.78, 5) is 16.7. The van der Waals surface area contributed by atoms with Gasteiger partial charge in [-0.2, -0.15) is 0 Å². The third kappa shape index (κ3) is 3.71. The van der Waals surface area contributed by atoms with Crippen LogP contribution in [0.15, 0.2) is 41.4 Å². The van der Waals surface area contributed by atoms with E-state index >= 15 is 0 Å². The standard InChI is InChI=1S/C20H20ClNO6/c1-24-14-9-12(10-15(25-2)18(14)26-3)19-22-16(20(23)27-4)17(28-19)11-5-7-13(21)8-6-11/h5-10,16-17H,1-4H3/t16-,17+/m1/s1. The molecule has 1 aliphatic heterocycles. The number of esters is 1. The van der Waals surface area contributed by atoms with Gasteiger partial charge in [0.25, 0.3) is 0 Å². The number of nitrogens with zero attached hydrogens (tertiary/aromatic N) is 1. The number of carbonyl (C=O) groups is 1. The van der Waals surface area contributed by atoms with Gasteiger partial charge in [-0.15, -0.1) is 0 Å². The lowest BCUT2D eigenvalue weighted by molar-refractivity contribution is -0.143. The van der Waals surface area contributed by atoms with E-state index in [0.29, 0.717) is 27.8 Å². The first kappa shape index (κ1) is 19.8. The molecular formula is C20H20ClNO6. The number of ether oxygens (including phenoxy) is 5.